The molecule has 27 heavy (non-hydrogen) atoms. The standard InChI is InChI=1S/C17H17N3O6S/c1-16(18-14(21)12-8-4-2-5-9-12)17(23,27(24,25)26)15(22)20(19-16)13-10-6-3-7-11-13/h2-11,19,23H,1H3,(H,18,21)(H,24,25,26). The van der Waals surface area contributed by atoms with Crippen LogP contribution in [0.25, 0.3) is 0 Å². The van der Waals surface area contributed by atoms with Crippen LogP contribution < -0.4 is 15.8 Å². The van der Waals surface area contributed by atoms with Crippen molar-refractivity contribution in [3.8, 4) is 0 Å². The summed E-state index contributed by atoms with van der Waals surface area (Å²) in [6, 6.07) is 15.6. The molecule has 0 aromatic heterocycles. The molecule has 2 aromatic carbocycles. The van der Waals surface area contributed by atoms with Crippen LogP contribution in [0.3, 0.4) is 0 Å². The van der Waals surface area contributed by atoms with Gasteiger partial charge in [0.2, 0.25) is 0 Å². The van der Waals surface area contributed by atoms with Gasteiger partial charge in [-0.2, -0.15) is 13.8 Å². The van der Waals surface area contributed by atoms with Crippen LogP contribution in [0, 0.1) is 0 Å². The molecule has 4 N–H and O–H groups in total. The van der Waals surface area contributed by atoms with Crippen LogP contribution in [0.5, 0.6) is 0 Å². The first kappa shape index (κ1) is 19.0. The molecule has 0 spiro atoms. The van der Waals surface area contributed by atoms with E-state index >= 15 is 0 Å². The molecule has 0 saturated carbocycles. The van der Waals surface area contributed by atoms with Gasteiger partial charge >= 0.3 is 15.1 Å². The van der Waals surface area contributed by atoms with E-state index in [1.54, 1.807) is 36.4 Å². The lowest BCUT2D eigenvalue weighted by Gasteiger charge is -2.34. The first-order valence-electron chi connectivity index (χ1n) is 7.84. The van der Waals surface area contributed by atoms with E-state index in [4.69, 9.17) is 0 Å². The average molecular weight is 391 g/mol. The van der Waals surface area contributed by atoms with E-state index in [0.29, 0.717) is 0 Å². The molecule has 0 aliphatic carbocycles. The Labute approximate surface area is 155 Å². The van der Waals surface area contributed by atoms with Gasteiger partial charge in [0.1, 0.15) is 0 Å². The van der Waals surface area contributed by atoms with Gasteiger partial charge < -0.3 is 10.4 Å². The number of carbonyl (C=O) groups excluding carboxylic acids is 2. The summed E-state index contributed by atoms with van der Waals surface area (Å²) < 4.78 is 33.5. The Balaban J connectivity index is 2.06. The molecule has 142 valence electrons. The maximum absolute atomic E-state index is 12.7. The summed E-state index contributed by atoms with van der Waals surface area (Å²) in [5.41, 5.74) is 0.625. The third-order valence-electron chi connectivity index (χ3n) is 4.29. The van der Waals surface area contributed by atoms with Crippen LogP contribution in [0.2, 0.25) is 0 Å². The van der Waals surface area contributed by atoms with Crippen molar-refractivity contribution in [1.82, 2.24) is 10.7 Å². The fraction of sp³-hybridized carbons (Fsp3) is 0.176. The summed E-state index contributed by atoms with van der Waals surface area (Å²) in [6.07, 6.45) is 0. The number of hydrogen-bond donors (Lipinski definition) is 4. The van der Waals surface area contributed by atoms with Crippen LogP contribution in [0.1, 0.15) is 17.3 Å². The van der Waals surface area contributed by atoms with E-state index in [2.05, 4.69) is 10.7 Å². The topological polar surface area (TPSA) is 136 Å². The van der Waals surface area contributed by atoms with E-state index < -0.39 is 32.5 Å². The van der Waals surface area contributed by atoms with E-state index in [1.165, 1.54) is 24.3 Å². The number of aliphatic hydroxyl groups is 1. The Bertz CT molecular complexity index is 982. The molecule has 2 atom stereocenters. The second-order valence-corrected chi connectivity index (χ2v) is 7.69. The summed E-state index contributed by atoms with van der Waals surface area (Å²) in [5, 5.41) is 13.8. The molecule has 1 fully saturated rings. The molecular formula is C17H17N3O6S. The highest BCUT2D eigenvalue weighted by molar-refractivity contribution is 7.88. The van der Waals surface area contributed by atoms with Gasteiger partial charge in [-0.1, -0.05) is 36.4 Å². The number of nitrogens with zero attached hydrogens (tertiary/aromatic N) is 1. The largest absolute Gasteiger partial charge is 0.362 e. The molecule has 3 rings (SSSR count). The van der Waals surface area contributed by atoms with Crippen LogP contribution in [0.15, 0.2) is 60.7 Å². The minimum atomic E-state index is -5.34. The number of amides is 2. The predicted octanol–water partition coefficient (Wildman–Crippen LogP) is 0.260. The molecule has 1 aliphatic rings. The van der Waals surface area contributed by atoms with Gasteiger partial charge in [-0.15, -0.1) is 0 Å². The number of para-hydroxylation sites is 1. The van der Waals surface area contributed by atoms with E-state index in [9.17, 15) is 27.7 Å². The molecule has 10 heteroatoms. The first-order chi connectivity index (χ1) is 12.6. The Morgan fingerprint density at radius 1 is 1.07 bits per heavy atom. The maximum Gasteiger partial charge on any atom is 0.310 e. The number of carbonyl (C=O) groups is 2. The minimum Gasteiger partial charge on any atom is -0.362 e. The van der Waals surface area contributed by atoms with Crippen LogP contribution in [-0.2, 0) is 14.9 Å². The molecule has 1 aliphatic heterocycles. The van der Waals surface area contributed by atoms with Gasteiger partial charge in [0.05, 0.1) is 5.69 Å². The summed E-state index contributed by atoms with van der Waals surface area (Å²) >= 11 is 0. The summed E-state index contributed by atoms with van der Waals surface area (Å²) in [4.78, 5) is 21.9. The number of hydrazine groups is 1. The molecule has 2 amide bonds. The Kier molecular flexibility index (Phi) is 4.52. The summed E-state index contributed by atoms with van der Waals surface area (Å²) in [6.45, 7) is 1.09. The number of hydrogen-bond acceptors (Lipinski definition) is 6. The smallest absolute Gasteiger partial charge is 0.310 e. The maximum atomic E-state index is 12.7. The molecular weight excluding hydrogens is 374 g/mol. The number of anilines is 1. The highest BCUT2D eigenvalue weighted by Gasteiger charge is 2.70. The normalized spacial score (nSPS) is 25.4. The molecule has 1 saturated heterocycles. The quantitative estimate of drug-likeness (QED) is 0.549. The number of rotatable bonds is 4. The predicted molar refractivity (Wildman–Crippen MR) is 95.9 cm³/mol. The highest BCUT2D eigenvalue weighted by atomic mass is 32.2. The van der Waals surface area contributed by atoms with Crippen LogP contribution in [0.4, 0.5) is 5.69 Å². The monoisotopic (exact) mass is 391 g/mol. The summed E-state index contributed by atoms with van der Waals surface area (Å²) in [7, 11) is -5.34. The van der Waals surface area contributed by atoms with Crippen molar-refractivity contribution in [2.45, 2.75) is 17.5 Å². The molecule has 0 radical (unpaired) electrons. The van der Waals surface area contributed by atoms with E-state index in [0.717, 1.165) is 11.9 Å². The molecule has 2 unspecified atom stereocenters. The Morgan fingerprint density at radius 2 is 1.59 bits per heavy atom. The molecule has 1 heterocycles. The highest BCUT2D eigenvalue weighted by Crippen LogP contribution is 2.36. The third kappa shape index (κ3) is 2.98. The van der Waals surface area contributed by atoms with Crippen LogP contribution >= 0.6 is 0 Å². The van der Waals surface area contributed by atoms with Gasteiger partial charge in [-0.25, -0.2) is 5.01 Å². The van der Waals surface area contributed by atoms with Crippen molar-refractivity contribution < 1.29 is 27.7 Å². The van der Waals surface area contributed by atoms with Crippen molar-refractivity contribution >= 4 is 27.6 Å². The number of benzene rings is 2. The molecule has 9 nitrogen and oxygen atoms in total. The Morgan fingerprint density at radius 3 is 2.11 bits per heavy atom. The zero-order valence-corrected chi connectivity index (χ0v) is 15.0. The van der Waals surface area contributed by atoms with Gasteiger partial charge in [0.15, 0.2) is 5.66 Å². The van der Waals surface area contributed by atoms with Gasteiger partial charge in [0.25, 0.3) is 11.8 Å². The third-order valence-corrected chi connectivity index (χ3v) is 5.62. The lowest BCUT2D eigenvalue weighted by atomic mass is 10.1. The second kappa shape index (κ2) is 6.43. The van der Waals surface area contributed by atoms with Gasteiger partial charge in [-0.05, 0) is 31.2 Å². The van der Waals surface area contributed by atoms with Crippen molar-refractivity contribution in [3.05, 3.63) is 66.2 Å². The molecule has 2 aromatic rings. The van der Waals surface area contributed by atoms with Crippen molar-refractivity contribution in [2.24, 2.45) is 0 Å². The Hall–Kier alpha value is -2.79. The van der Waals surface area contributed by atoms with Crippen molar-refractivity contribution in [3.63, 3.8) is 0 Å². The fourth-order valence-electron chi connectivity index (χ4n) is 2.84. The summed E-state index contributed by atoms with van der Waals surface area (Å²) in [5.74, 6) is -2.11. The second-order valence-electron chi connectivity index (χ2n) is 6.15. The zero-order valence-electron chi connectivity index (χ0n) is 14.2. The fourth-order valence-corrected chi connectivity index (χ4v) is 3.77. The lowest BCUT2D eigenvalue weighted by molar-refractivity contribution is -0.129. The zero-order chi connectivity index (χ0) is 19.9. The van der Waals surface area contributed by atoms with Gasteiger partial charge in [-0.3, -0.25) is 14.1 Å². The van der Waals surface area contributed by atoms with Gasteiger partial charge in [0, 0.05) is 5.56 Å². The lowest BCUT2D eigenvalue weighted by Crippen LogP contribution is -2.69. The molecule has 0 bridgehead atoms. The van der Waals surface area contributed by atoms with Crippen molar-refractivity contribution in [2.75, 3.05) is 5.01 Å². The minimum absolute atomic E-state index is 0.170. The SMILES string of the molecule is CC1(NC(=O)c2ccccc2)NN(c2ccccc2)C(=O)C1(O)S(=O)(=O)O. The van der Waals surface area contributed by atoms with E-state index in [1.807, 2.05) is 0 Å². The number of nitrogens with one attached hydrogen (secondary N) is 2. The van der Waals surface area contributed by atoms with E-state index in [-0.39, 0.29) is 11.3 Å². The average Bonchev–Trinajstić information content (AvgIpc) is 2.85. The first-order valence-corrected chi connectivity index (χ1v) is 9.28. The van der Waals surface area contributed by atoms with Crippen molar-refractivity contribution in [1.29, 1.82) is 0 Å². The van der Waals surface area contributed by atoms with Crippen LogP contribution in [-0.4, -0.2) is 40.5 Å².